The van der Waals surface area contributed by atoms with Crippen LogP contribution in [0, 0.1) is 19.7 Å². The van der Waals surface area contributed by atoms with Crippen molar-refractivity contribution in [2.45, 2.75) is 13.8 Å². The number of amides is 1. The van der Waals surface area contributed by atoms with Crippen molar-refractivity contribution in [3.63, 3.8) is 0 Å². The molecule has 19 heavy (non-hydrogen) atoms. The number of halogens is 2. The molecule has 2 rings (SSSR count). The van der Waals surface area contributed by atoms with E-state index >= 15 is 0 Å². The number of hydrogen-bond donors (Lipinski definition) is 1. The van der Waals surface area contributed by atoms with Crippen LogP contribution in [0.15, 0.2) is 36.4 Å². The van der Waals surface area contributed by atoms with Crippen molar-refractivity contribution in [1.82, 2.24) is 0 Å². The molecule has 0 aliphatic rings. The van der Waals surface area contributed by atoms with E-state index < -0.39 is 0 Å². The molecule has 0 unspecified atom stereocenters. The summed E-state index contributed by atoms with van der Waals surface area (Å²) in [5.74, 6) is -0.590. The van der Waals surface area contributed by atoms with E-state index in [4.69, 9.17) is 11.6 Å². The first kappa shape index (κ1) is 13.6. The normalized spacial score (nSPS) is 10.3. The maximum absolute atomic E-state index is 13.2. The first-order chi connectivity index (χ1) is 8.97. The average Bonchev–Trinajstić information content (AvgIpc) is 2.36. The fourth-order valence-electron chi connectivity index (χ4n) is 1.75. The molecule has 2 nitrogen and oxygen atoms in total. The van der Waals surface area contributed by atoms with Gasteiger partial charge in [0.05, 0.1) is 0 Å². The van der Waals surface area contributed by atoms with E-state index in [1.54, 1.807) is 25.1 Å². The molecular weight excluding hydrogens is 265 g/mol. The van der Waals surface area contributed by atoms with Crippen molar-refractivity contribution >= 4 is 23.2 Å². The zero-order valence-corrected chi connectivity index (χ0v) is 11.4. The van der Waals surface area contributed by atoms with Crippen molar-refractivity contribution in [3.8, 4) is 0 Å². The average molecular weight is 278 g/mol. The Balaban J connectivity index is 2.23. The molecule has 1 N–H and O–H groups in total. The molecule has 0 saturated heterocycles. The van der Waals surface area contributed by atoms with E-state index in [9.17, 15) is 9.18 Å². The highest BCUT2D eigenvalue weighted by molar-refractivity contribution is 6.30. The highest BCUT2D eigenvalue weighted by Crippen LogP contribution is 2.20. The number of aryl methyl sites for hydroxylation is 2. The number of carbonyl (C=O) groups is 1. The summed E-state index contributed by atoms with van der Waals surface area (Å²) in [6.07, 6.45) is 0. The summed E-state index contributed by atoms with van der Waals surface area (Å²) in [6, 6.07) is 9.50. The molecule has 0 bridgehead atoms. The van der Waals surface area contributed by atoms with Gasteiger partial charge in [0.2, 0.25) is 0 Å². The minimum Gasteiger partial charge on any atom is -0.322 e. The standard InChI is InChI=1S/C15H13ClFNO/c1-9-7-11(3-5-13(9)17)15(19)18-14-6-4-12(16)8-10(14)2/h3-8H,1-2H3,(H,18,19). The third kappa shape index (κ3) is 3.12. The smallest absolute Gasteiger partial charge is 0.255 e. The van der Waals surface area contributed by atoms with Crippen LogP contribution in [0.25, 0.3) is 0 Å². The molecule has 0 spiro atoms. The number of hydrogen-bond acceptors (Lipinski definition) is 1. The lowest BCUT2D eigenvalue weighted by Gasteiger charge is -2.09. The fourth-order valence-corrected chi connectivity index (χ4v) is 1.97. The predicted molar refractivity (Wildman–Crippen MR) is 75.3 cm³/mol. The van der Waals surface area contributed by atoms with Crippen molar-refractivity contribution in [3.05, 3.63) is 63.9 Å². The fraction of sp³-hybridized carbons (Fsp3) is 0.133. The van der Waals surface area contributed by atoms with Crippen LogP contribution in [0.3, 0.4) is 0 Å². The highest BCUT2D eigenvalue weighted by Gasteiger charge is 2.09. The molecule has 1 amide bonds. The van der Waals surface area contributed by atoms with Gasteiger partial charge in [0.25, 0.3) is 5.91 Å². The molecule has 4 heteroatoms. The minimum absolute atomic E-state index is 0.270. The zero-order valence-electron chi connectivity index (χ0n) is 10.6. The molecule has 0 fully saturated rings. The van der Waals surface area contributed by atoms with Gasteiger partial charge in [-0.25, -0.2) is 4.39 Å². The lowest BCUT2D eigenvalue weighted by molar-refractivity contribution is 0.102. The van der Waals surface area contributed by atoms with Crippen molar-refractivity contribution in [2.75, 3.05) is 5.32 Å². The molecular formula is C15H13ClFNO. The van der Waals surface area contributed by atoms with Gasteiger partial charge in [-0.2, -0.15) is 0 Å². The van der Waals surface area contributed by atoms with E-state index in [-0.39, 0.29) is 11.7 Å². The second kappa shape index (κ2) is 5.41. The number of nitrogens with one attached hydrogen (secondary N) is 1. The van der Waals surface area contributed by atoms with Crippen LogP contribution in [0.1, 0.15) is 21.5 Å². The van der Waals surface area contributed by atoms with Crippen molar-refractivity contribution in [2.24, 2.45) is 0 Å². The van der Waals surface area contributed by atoms with Gasteiger partial charge in [0.15, 0.2) is 0 Å². The van der Waals surface area contributed by atoms with Crippen LogP contribution in [0.5, 0.6) is 0 Å². The third-order valence-electron chi connectivity index (χ3n) is 2.86. The van der Waals surface area contributed by atoms with Crippen molar-refractivity contribution in [1.29, 1.82) is 0 Å². The molecule has 2 aromatic rings. The molecule has 0 aromatic heterocycles. The summed E-state index contributed by atoms with van der Waals surface area (Å²) in [6.45, 7) is 3.48. The maximum Gasteiger partial charge on any atom is 0.255 e. The summed E-state index contributed by atoms with van der Waals surface area (Å²) < 4.78 is 13.2. The molecule has 0 heterocycles. The van der Waals surface area contributed by atoms with Crippen LogP contribution in [-0.4, -0.2) is 5.91 Å². The van der Waals surface area contributed by atoms with Gasteiger partial charge in [-0.05, 0) is 61.4 Å². The SMILES string of the molecule is Cc1cc(C(=O)Nc2ccc(Cl)cc2C)ccc1F. The number of carbonyl (C=O) groups excluding carboxylic acids is 1. The van der Waals surface area contributed by atoms with Crippen LogP contribution in [0.2, 0.25) is 5.02 Å². The Labute approximate surface area is 116 Å². The van der Waals surface area contributed by atoms with E-state index in [0.717, 1.165) is 5.56 Å². The maximum atomic E-state index is 13.2. The summed E-state index contributed by atoms with van der Waals surface area (Å²) in [5.41, 5.74) is 2.43. The molecule has 2 aromatic carbocycles. The van der Waals surface area contributed by atoms with Gasteiger partial charge in [-0.1, -0.05) is 11.6 Å². The Bertz CT molecular complexity index is 640. The number of benzene rings is 2. The van der Waals surface area contributed by atoms with E-state index in [0.29, 0.717) is 21.8 Å². The molecule has 0 saturated carbocycles. The largest absolute Gasteiger partial charge is 0.322 e. The predicted octanol–water partition coefficient (Wildman–Crippen LogP) is 4.35. The molecule has 0 aliphatic carbocycles. The Hall–Kier alpha value is -1.87. The first-order valence-electron chi connectivity index (χ1n) is 5.81. The minimum atomic E-state index is -0.320. The summed E-state index contributed by atoms with van der Waals surface area (Å²) in [7, 11) is 0. The number of rotatable bonds is 2. The first-order valence-corrected chi connectivity index (χ1v) is 6.19. The van der Waals surface area contributed by atoms with Gasteiger partial charge < -0.3 is 5.32 Å². The molecule has 0 atom stereocenters. The summed E-state index contributed by atoms with van der Waals surface area (Å²) in [4.78, 5) is 12.0. The van der Waals surface area contributed by atoms with Crippen LogP contribution in [-0.2, 0) is 0 Å². The quantitative estimate of drug-likeness (QED) is 0.869. The van der Waals surface area contributed by atoms with Gasteiger partial charge in [0, 0.05) is 16.3 Å². The summed E-state index contributed by atoms with van der Waals surface area (Å²) in [5, 5.41) is 3.40. The Morgan fingerprint density at radius 3 is 2.47 bits per heavy atom. The topological polar surface area (TPSA) is 29.1 Å². The van der Waals surface area contributed by atoms with Crippen molar-refractivity contribution < 1.29 is 9.18 Å². The lowest BCUT2D eigenvalue weighted by atomic mass is 10.1. The van der Waals surface area contributed by atoms with Crippen LogP contribution < -0.4 is 5.32 Å². The molecule has 0 radical (unpaired) electrons. The Kier molecular flexibility index (Phi) is 3.86. The van der Waals surface area contributed by atoms with E-state index in [1.165, 1.54) is 18.2 Å². The second-order valence-electron chi connectivity index (χ2n) is 4.38. The van der Waals surface area contributed by atoms with Crippen LogP contribution >= 0.6 is 11.6 Å². The summed E-state index contributed by atoms with van der Waals surface area (Å²) >= 11 is 5.85. The second-order valence-corrected chi connectivity index (χ2v) is 4.81. The zero-order chi connectivity index (χ0) is 14.0. The monoisotopic (exact) mass is 277 g/mol. The van der Waals surface area contributed by atoms with Gasteiger partial charge in [-0.15, -0.1) is 0 Å². The molecule has 0 aliphatic heterocycles. The van der Waals surface area contributed by atoms with Gasteiger partial charge in [-0.3, -0.25) is 4.79 Å². The third-order valence-corrected chi connectivity index (χ3v) is 3.09. The lowest BCUT2D eigenvalue weighted by Crippen LogP contribution is -2.13. The van der Waals surface area contributed by atoms with E-state index in [1.807, 2.05) is 6.92 Å². The van der Waals surface area contributed by atoms with Gasteiger partial charge >= 0.3 is 0 Å². The van der Waals surface area contributed by atoms with Crippen LogP contribution in [0.4, 0.5) is 10.1 Å². The molecule has 98 valence electrons. The number of anilines is 1. The Morgan fingerprint density at radius 2 is 1.84 bits per heavy atom. The highest BCUT2D eigenvalue weighted by atomic mass is 35.5. The van der Waals surface area contributed by atoms with E-state index in [2.05, 4.69) is 5.32 Å². The Morgan fingerprint density at radius 1 is 1.11 bits per heavy atom. The van der Waals surface area contributed by atoms with Gasteiger partial charge in [0.1, 0.15) is 5.82 Å².